The fraction of sp³-hybridized carbons (Fsp3) is 0.0667. The van der Waals surface area contributed by atoms with E-state index < -0.39 is 11.8 Å². The molecule has 2 heteroatoms. The van der Waals surface area contributed by atoms with E-state index in [-0.39, 0.29) is 22.7 Å². The summed E-state index contributed by atoms with van der Waals surface area (Å²) in [5.41, 5.74) is 3.21. The van der Waals surface area contributed by atoms with Crippen molar-refractivity contribution in [1.82, 2.24) is 0 Å². The second kappa shape index (κ2) is 7.28. The summed E-state index contributed by atoms with van der Waals surface area (Å²) >= 11 is 0. The van der Waals surface area contributed by atoms with Crippen molar-refractivity contribution in [1.29, 1.82) is 0 Å². The van der Waals surface area contributed by atoms with Gasteiger partial charge in [0, 0.05) is 36.8 Å². The van der Waals surface area contributed by atoms with Gasteiger partial charge >= 0.3 is 0 Å². The topological polar surface area (TPSA) is 34.1 Å². The van der Waals surface area contributed by atoms with Crippen molar-refractivity contribution in [3.63, 3.8) is 0 Å². The van der Waals surface area contributed by atoms with E-state index in [0.29, 0.717) is 33.4 Å². The Morgan fingerprint density at radius 3 is 1.22 bits per heavy atom. The molecular formula is C30H20O2. The predicted molar refractivity (Wildman–Crippen MR) is 125 cm³/mol. The van der Waals surface area contributed by atoms with E-state index in [4.69, 9.17) is 0 Å². The Hall–Kier alpha value is -4.04. The minimum absolute atomic E-state index is 0.0694. The molecule has 0 heterocycles. The first-order chi connectivity index (χ1) is 16.5. The molecule has 0 fully saturated rings. The zero-order chi connectivity index (χ0) is 23.5. The number of fused-ring (bicyclic) bond motifs is 2. The fourth-order valence-corrected chi connectivity index (χ4v) is 4.85. The monoisotopic (exact) mass is 414 g/mol. The Kier molecular flexibility index (Phi) is 3.78. The van der Waals surface area contributed by atoms with Gasteiger partial charge < -0.3 is 0 Å². The van der Waals surface area contributed by atoms with Crippen molar-refractivity contribution in [2.24, 2.45) is 0 Å². The van der Waals surface area contributed by atoms with E-state index in [1.54, 1.807) is 36.4 Å². The molecule has 0 aliphatic heterocycles. The maximum Gasteiger partial charge on any atom is 0.190 e. The van der Waals surface area contributed by atoms with Gasteiger partial charge in [0.1, 0.15) is 0 Å². The standard InChI is InChI=1S/C30H20O2/c31-29-23-17-9-7-15-21(23)25(19-11-3-1-4-12-19)27(29)28-26(20-13-5-2-6-14-20)22-16-8-10-18-24(22)30(28)32/h1-18,25-26H/b28-27+/t25-,26-/m1/s1/i25D,26D. The van der Waals surface area contributed by atoms with Crippen LogP contribution in [0.15, 0.2) is 120 Å². The summed E-state index contributed by atoms with van der Waals surface area (Å²) < 4.78 is 19.6. The van der Waals surface area contributed by atoms with Crippen LogP contribution in [0.5, 0.6) is 0 Å². The van der Waals surface area contributed by atoms with E-state index >= 15 is 0 Å². The lowest BCUT2D eigenvalue weighted by atomic mass is 9.81. The van der Waals surface area contributed by atoms with Gasteiger partial charge in [-0.15, -0.1) is 0 Å². The Morgan fingerprint density at radius 2 is 0.812 bits per heavy atom. The van der Waals surface area contributed by atoms with Crippen LogP contribution in [-0.4, -0.2) is 11.6 Å². The van der Waals surface area contributed by atoms with Crippen molar-refractivity contribution in [3.8, 4) is 0 Å². The highest BCUT2D eigenvalue weighted by atomic mass is 16.1. The van der Waals surface area contributed by atoms with Gasteiger partial charge in [-0.2, -0.15) is 0 Å². The van der Waals surface area contributed by atoms with Gasteiger partial charge in [-0.25, -0.2) is 0 Å². The van der Waals surface area contributed by atoms with Gasteiger partial charge in [-0.3, -0.25) is 9.59 Å². The Morgan fingerprint density at radius 1 is 0.469 bits per heavy atom. The van der Waals surface area contributed by atoms with Gasteiger partial charge in [0.25, 0.3) is 0 Å². The molecule has 152 valence electrons. The molecule has 4 aromatic carbocycles. The highest BCUT2D eigenvalue weighted by molar-refractivity contribution is 6.24. The number of hydrogen-bond donors (Lipinski definition) is 0. The number of carbonyl (C=O) groups is 2. The summed E-state index contributed by atoms with van der Waals surface area (Å²) in [6.45, 7) is 0. The quantitative estimate of drug-likeness (QED) is 0.359. The Balaban J connectivity index is 1.77. The average molecular weight is 415 g/mol. The number of ketones is 2. The molecule has 0 unspecified atom stereocenters. The van der Waals surface area contributed by atoms with Crippen LogP contribution >= 0.6 is 0 Å². The van der Waals surface area contributed by atoms with Crippen molar-refractivity contribution >= 4 is 11.6 Å². The third kappa shape index (κ3) is 2.66. The van der Waals surface area contributed by atoms with Gasteiger partial charge in [-0.1, -0.05) is 109 Å². The number of hydrogen-bond acceptors (Lipinski definition) is 2. The predicted octanol–water partition coefficient (Wildman–Crippen LogP) is 6.34. The number of allylic oxidation sites excluding steroid dienone is 2. The van der Waals surface area contributed by atoms with E-state index in [2.05, 4.69) is 0 Å². The lowest BCUT2D eigenvalue weighted by molar-refractivity contribution is 0.100. The average Bonchev–Trinajstić information content (AvgIpc) is 3.26. The minimum atomic E-state index is -1.61. The third-order valence-corrected chi connectivity index (χ3v) is 6.21. The molecule has 32 heavy (non-hydrogen) atoms. The minimum Gasteiger partial charge on any atom is -0.289 e. The molecule has 2 aliphatic rings. The molecule has 0 spiro atoms. The van der Waals surface area contributed by atoms with Crippen molar-refractivity contribution in [2.75, 3.05) is 0 Å². The van der Waals surface area contributed by atoms with Crippen LogP contribution in [0.1, 0.15) is 57.5 Å². The van der Waals surface area contributed by atoms with Crippen LogP contribution in [0.3, 0.4) is 0 Å². The van der Waals surface area contributed by atoms with Crippen LogP contribution in [0.2, 0.25) is 0 Å². The van der Waals surface area contributed by atoms with Gasteiger partial charge in [0.15, 0.2) is 11.6 Å². The zero-order valence-electron chi connectivity index (χ0n) is 19.2. The smallest absolute Gasteiger partial charge is 0.190 e. The highest BCUT2D eigenvalue weighted by Crippen LogP contribution is 2.50. The number of benzene rings is 4. The van der Waals surface area contributed by atoms with Crippen LogP contribution < -0.4 is 0 Å². The largest absolute Gasteiger partial charge is 0.289 e. The summed E-state index contributed by atoms with van der Waals surface area (Å²) in [5, 5.41) is 0. The molecule has 2 atom stereocenters. The van der Waals surface area contributed by atoms with E-state index in [1.807, 2.05) is 72.8 Å². The first-order valence-corrected chi connectivity index (χ1v) is 10.6. The second-order valence-electron chi connectivity index (χ2n) is 7.98. The summed E-state index contributed by atoms with van der Waals surface area (Å²) in [6, 6.07) is 32.4. The van der Waals surface area contributed by atoms with Crippen molar-refractivity contribution in [3.05, 3.63) is 154 Å². The number of Topliss-reactive ketones (excluding diaryl/α,β-unsaturated/α-hetero) is 2. The van der Waals surface area contributed by atoms with Gasteiger partial charge in [0.2, 0.25) is 0 Å². The molecule has 6 rings (SSSR count). The van der Waals surface area contributed by atoms with E-state index in [1.165, 1.54) is 0 Å². The molecule has 0 N–H and O–H groups in total. The third-order valence-electron chi connectivity index (χ3n) is 6.21. The van der Waals surface area contributed by atoms with Crippen LogP contribution in [0.25, 0.3) is 0 Å². The Labute approximate surface area is 189 Å². The van der Waals surface area contributed by atoms with Crippen LogP contribution in [-0.2, 0) is 0 Å². The maximum atomic E-state index is 14.0. The zero-order valence-corrected chi connectivity index (χ0v) is 17.2. The molecule has 0 saturated carbocycles. The molecular weight excluding hydrogens is 392 g/mol. The summed E-state index contributed by atoms with van der Waals surface area (Å²) in [6.07, 6.45) is 0. The fourth-order valence-electron chi connectivity index (χ4n) is 4.85. The van der Waals surface area contributed by atoms with Crippen molar-refractivity contribution < 1.29 is 12.3 Å². The van der Waals surface area contributed by atoms with Gasteiger partial charge in [-0.05, 0) is 22.3 Å². The Bertz CT molecular complexity index is 1390. The van der Waals surface area contributed by atoms with Crippen molar-refractivity contribution in [2.45, 2.75) is 11.8 Å². The van der Waals surface area contributed by atoms with E-state index in [0.717, 1.165) is 0 Å². The summed E-state index contributed by atoms with van der Waals surface area (Å²) in [5.74, 6) is -3.94. The van der Waals surface area contributed by atoms with Gasteiger partial charge in [0.05, 0.1) is 0 Å². The molecule has 0 amide bonds. The van der Waals surface area contributed by atoms with Crippen LogP contribution in [0.4, 0.5) is 0 Å². The molecule has 0 radical (unpaired) electrons. The molecule has 0 bridgehead atoms. The molecule has 0 saturated heterocycles. The SMILES string of the molecule is [2H][C@]1(c2ccccc2)/C(=C2\C(=O)c3ccccc3[C@@]2([2H])c2ccccc2)C(=O)c2ccccc21. The lowest BCUT2D eigenvalue weighted by Crippen LogP contribution is -2.13. The second-order valence-corrected chi connectivity index (χ2v) is 7.98. The van der Waals surface area contributed by atoms with Crippen LogP contribution in [0, 0.1) is 0 Å². The first kappa shape index (κ1) is 16.6. The summed E-state index contributed by atoms with van der Waals surface area (Å²) in [4.78, 5) is 27.9. The normalized spacial score (nSPS) is 27.0. The summed E-state index contributed by atoms with van der Waals surface area (Å²) in [7, 11) is 0. The molecule has 4 aromatic rings. The lowest BCUT2D eigenvalue weighted by Gasteiger charge is -2.20. The van der Waals surface area contributed by atoms with E-state index in [9.17, 15) is 12.3 Å². The number of carbonyl (C=O) groups excluding carboxylic acids is 2. The maximum absolute atomic E-state index is 14.0. The number of rotatable bonds is 2. The first-order valence-electron chi connectivity index (χ1n) is 11.6. The highest BCUT2D eigenvalue weighted by Gasteiger charge is 2.45. The molecule has 2 aliphatic carbocycles. The molecule has 2 nitrogen and oxygen atoms in total. The molecule has 0 aromatic heterocycles.